The first-order valence-electron chi connectivity index (χ1n) is 17.7. The van der Waals surface area contributed by atoms with Gasteiger partial charge in [0.25, 0.3) is 0 Å². The molecule has 9 aromatic rings. The summed E-state index contributed by atoms with van der Waals surface area (Å²) in [5.74, 6) is 2.02. The lowest BCUT2D eigenvalue weighted by molar-refractivity contribution is 0.660. The Labute approximate surface area is 307 Å². The minimum Gasteiger partial charge on any atom is -0.208 e. The first-order chi connectivity index (χ1) is 25.5. The highest BCUT2D eigenvalue weighted by atomic mass is 32.1. The first-order valence-corrected chi connectivity index (χ1v) is 18.5. The van der Waals surface area contributed by atoms with E-state index in [0.29, 0.717) is 17.5 Å². The van der Waals surface area contributed by atoms with E-state index in [4.69, 9.17) is 15.0 Å². The lowest BCUT2D eigenvalue weighted by atomic mass is 9.82. The fourth-order valence-corrected chi connectivity index (χ4v) is 9.25. The second-order valence-corrected chi connectivity index (χ2v) is 15.0. The van der Waals surface area contributed by atoms with E-state index in [1.54, 1.807) is 0 Å². The van der Waals surface area contributed by atoms with E-state index >= 15 is 0 Å². The van der Waals surface area contributed by atoms with Crippen molar-refractivity contribution >= 4 is 31.5 Å². The van der Waals surface area contributed by atoms with Crippen molar-refractivity contribution in [2.24, 2.45) is 0 Å². The van der Waals surface area contributed by atoms with E-state index in [2.05, 4.69) is 159 Å². The van der Waals surface area contributed by atoms with Gasteiger partial charge in [-0.3, -0.25) is 0 Å². The molecule has 52 heavy (non-hydrogen) atoms. The maximum absolute atomic E-state index is 5.25. The normalized spacial score (nSPS) is 13.0. The topological polar surface area (TPSA) is 38.7 Å². The van der Waals surface area contributed by atoms with Gasteiger partial charge in [0, 0.05) is 42.3 Å². The second kappa shape index (κ2) is 11.9. The molecule has 0 unspecified atom stereocenters. The van der Waals surface area contributed by atoms with Crippen LogP contribution in [0, 0.1) is 0 Å². The van der Waals surface area contributed by atoms with E-state index in [0.717, 1.165) is 16.7 Å². The Hall–Kier alpha value is -6.23. The fourth-order valence-electron chi connectivity index (χ4n) is 7.91. The number of nitrogens with zero attached hydrogens (tertiary/aromatic N) is 3. The second-order valence-electron chi connectivity index (χ2n) is 14.0. The molecule has 0 amide bonds. The smallest absolute Gasteiger partial charge is 0.165 e. The van der Waals surface area contributed by atoms with Crippen molar-refractivity contribution in [1.29, 1.82) is 0 Å². The highest BCUT2D eigenvalue weighted by molar-refractivity contribution is 7.26. The molecule has 0 saturated heterocycles. The Balaban J connectivity index is 1.15. The molecule has 0 N–H and O–H groups in total. The molecule has 0 radical (unpaired) electrons. The third kappa shape index (κ3) is 4.90. The molecule has 2 heterocycles. The maximum Gasteiger partial charge on any atom is 0.165 e. The average Bonchev–Trinajstić information content (AvgIpc) is 3.70. The number of rotatable bonds is 5. The summed E-state index contributed by atoms with van der Waals surface area (Å²) in [5, 5.41) is 2.45. The Bertz CT molecular complexity index is 2820. The van der Waals surface area contributed by atoms with Gasteiger partial charge in [0.05, 0.1) is 0 Å². The monoisotopic (exact) mass is 683 g/mol. The summed E-state index contributed by atoms with van der Waals surface area (Å²) in [6, 6.07) is 58.3. The lowest BCUT2D eigenvalue weighted by Gasteiger charge is -2.21. The number of aromatic nitrogens is 3. The number of benzene rings is 7. The largest absolute Gasteiger partial charge is 0.208 e. The highest BCUT2D eigenvalue weighted by Gasteiger charge is 2.35. The van der Waals surface area contributed by atoms with Crippen molar-refractivity contribution in [3.05, 3.63) is 175 Å². The van der Waals surface area contributed by atoms with Crippen LogP contribution in [0.4, 0.5) is 0 Å². The molecule has 0 fully saturated rings. The summed E-state index contributed by atoms with van der Waals surface area (Å²) in [6.07, 6.45) is 0. The van der Waals surface area contributed by atoms with Crippen LogP contribution in [-0.4, -0.2) is 15.0 Å². The molecular weight excluding hydrogens is 651 g/mol. The number of hydrogen-bond donors (Lipinski definition) is 0. The number of hydrogen-bond acceptors (Lipinski definition) is 4. The van der Waals surface area contributed by atoms with Crippen LogP contribution in [0.5, 0.6) is 0 Å². The van der Waals surface area contributed by atoms with Crippen LogP contribution >= 0.6 is 11.3 Å². The minimum atomic E-state index is -0.124. The highest BCUT2D eigenvalue weighted by Crippen LogP contribution is 2.50. The molecule has 7 aromatic carbocycles. The predicted octanol–water partition coefficient (Wildman–Crippen LogP) is 12.9. The van der Waals surface area contributed by atoms with Gasteiger partial charge in [-0.2, -0.15) is 0 Å². The SMILES string of the molecule is CC1(C)c2ccccc2-c2ccc(-c3nc(-c4ccccc4)nc(-c4cccc5c4sc4c(-c6cccc(-c7ccccc7)c6)cccc45)n3)cc21. The van der Waals surface area contributed by atoms with Gasteiger partial charge in [0.15, 0.2) is 17.5 Å². The zero-order valence-electron chi connectivity index (χ0n) is 28.8. The van der Waals surface area contributed by atoms with Crippen molar-refractivity contribution < 1.29 is 0 Å². The van der Waals surface area contributed by atoms with Crippen molar-refractivity contribution in [2.45, 2.75) is 19.3 Å². The Morgan fingerprint density at radius 3 is 1.67 bits per heavy atom. The summed E-state index contributed by atoms with van der Waals surface area (Å²) in [7, 11) is 0. The molecular formula is C48H33N3S. The van der Waals surface area contributed by atoms with Gasteiger partial charge >= 0.3 is 0 Å². The van der Waals surface area contributed by atoms with Gasteiger partial charge in [-0.25, -0.2) is 15.0 Å². The van der Waals surface area contributed by atoms with Gasteiger partial charge in [-0.1, -0.05) is 159 Å². The molecule has 0 atom stereocenters. The molecule has 10 rings (SSSR count). The summed E-state index contributed by atoms with van der Waals surface area (Å²) >= 11 is 1.82. The Kier molecular flexibility index (Phi) is 7.02. The Morgan fingerprint density at radius 1 is 0.365 bits per heavy atom. The molecule has 0 saturated carbocycles. The van der Waals surface area contributed by atoms with Crippen molar-refractivity contribution in [3.8, 4) is 67.5 Å². The van der Waals surface area contributed by atoms with Crippen LogP contribution in [0.2, 0.25) is 0 Å². The number of thiophene rings is 1. The van der Waals surface area contributed by atoms with Gasteiger partial charge in [0.1, 0.15) is 0 Å². The van der Waals surface area contributed by atoms with Crippen LogP contribution < -0.4 is 0 Å². The molecule has 0 bridgehead atoms. The molecule has 1 aliphatic rings. The lowest BCUT2D eigenvalue weighted by Crippen LogP contribution is -2.15. The van der Waals surface area contributed by atoms with Gasteiger partial charge in [-0.15, -0.1) is 11.3 Å². The van der Waals surface area contributed by atoms with E-state index in [1.165, 1.54) is 64.7 Å². The van der Waals surface area contributed by atoms with E-state index in [1.807, 2.05) is 29.5 Å². The zero-order valence-corrected chi connectivity index (χ0v) is 29.7. The van der Waals surface area contributed by atoms with Crippen LogP contribution in [0.25, 0.3) is 87.7 Å². The van der Waals surface area contributed by atoms with Crippen molar-refractivity contribution in [1.82, 2.24) is 15.0 Å². The van der Waals surface area contributed by atoms with Gasteiger partial charge in [0.2, 0.25) is 0 Å². The summed E-state index contributed by atoms with van der Waals surface area (Å²) in [6.45, 7) is 4.62. The predicted molar refractivity (Wildman–Crippen MR) is 217 cm³/mol. The van der Waals surface area contributed by atoms with Crippen LogP contribution in [-0.2, 0) is 5.41 Å². The summed E-state index contributed by atoms with van der Waals surface area (Å²) in [5.41, 5.74) is 12.9. The molecule has 0 aliphatic heterocycles. The van der Waals surface area contributed by atoms with Crippen LogP contribution in [0.15, 0.2) is 164 Å². The quantitative estimate of drug-likeness (QED) is 0.181. The minimum absolute atomic E-state index is 0.124. The zero-order chi connectivity index (χ0) is 34.8. The molecule has 2 aromatic heterocycles. The third-order valence-corrected chi connectivity index (χ3v) is 11.8. The van der Waals surface area contributed by atoms with E-state index in [9.17, 15) is 0 Å². The van der Waals surface area contributed by atoms with Gasteiger partial charge in [-0.05, 0) is 62.7 Å². The average molecular weight is 684 g/mol. The fraction of sp³-hybridized carbons (Fsp3) is 0.0625. The Morgan fingerprint density at radius 2 is 0.904 bits per heavy atom. The first kappa shape index (κ1) is 30.6. The summed E-state index contributed by atoms with van der Waals surface area (Å²) < 4.78 is 2.43. The molecule has 1 aliphatic carbocycles. The third-order valence-electron chi connectivity index (χ3n) is 10.6. The summed E-state index contributed by atoms with van der Waals surface area (Å²) in [4.78, 5) is 15.5. The molecule has 0 spiro atoms. The van der Waals surface area contributed by atoms with E-state index in [-0.39, 0.29) is 5.41 Å². The number of fused-ring (bicyclic) bond motifs is 6. The standard InChI is InChI=1S/C48H33N3S/c1-48(2)41-25-10-9-20-36(41)37-27-26-34(29-42(37)48)46-49-45(31-16-7-4-8-17-31)50-47(51-46)40-24-13-23-39-38-22-12-21-35(43(38)52-44(39)40)33-19-11-18-32(28-33)30-14-5-3-6-15-30/h3-29H,1-2H3. The molecule has 4 heteroatoms. The van der Waals surface area contributed by atoms with Crippen molar-refractivity contribution in [3.63, 3.8) is 0 Å². The van der Waals surface area contributed by atoms with Crippen molar-refractivity contribution in [2.75, 3.05) is 0 Å². The van der Waals surface area contributed by atoms with Crippen LogP contribution in [0.3, 0.4) is 0 Å². The van der Waals surface area contributed by atoms with Crippen LogP contribution in [0.1, 0.15) is 25.0 Å². The van der Waals surface area contributed by atoms with Gasteiger partial charge < -0.3 is 0 Å². The molecule has 246 valence electrons. The van der Waals surface area contributed by atoms with E-state index < -0.39 is 0 Å². The molecule has 3 nitrogen and oxygen atoms in total. The maximum atomic E-state index is 5.25.